The van der Waals surface area contributed by atoms with E-state index < -0.39 is 0 Å². The van der Waals surface area contributed by atoms with Crippen molar-refractivity contribution < 1.29 is 4.74 Å². The van der Waals surface area contributed by atoms with Gasteiger partial charge in [-0.15, -0.1) is 0 Å². The molecule has 2 unspecified atom stereocenters. The van der Waals surface area contributed by atoms with Crippen LogP contribution in [0, 0.1) is 0 Å². The quantitative estimate of drug-likeness (QED) is 0.848. The first-order valence-electron chi connectivity index (χ1n) is 6.53. The fraction of sp³-hybridized carbons (Fsp3) is 0.643. The molecule has 1 aromatic rings. The molecule has 0 saturated heterocycles. The van der Waals surface area contributed by atoms with E-state index in [2.05, 4.69) is 16.4 Å². The molecule has 2 atom stereocenters. The van der Waals surface area contributed by atoms with Crippen LogP contribution in [0.1, 0.15) is 31.2 Å². The number of nitrogens with zero attached hydrogens (tertiary/aromatic N) is 1. The van der Waals surface area contributed by atoms with Crippen molar-refractivity contribution in [1.82, 2.24) is 10.3 Å². The average Bonchev–Trinajstić information content (AvgIpc) is 2.40. The molecule has 0 aliphatic heterocycles. The largest absolute Gasteiger partial charge is 0.381 e. The molecule has 94 valence electrons. The van der Waals surface area contributed by atoms with Crippen molar-refractivity contribution in [2.45, 2.75) is 44.2 Å². The molecule has 3 heteroatoms. The number of rotatable bonds is 5. The SMILES string of the molecule is COC1CCCC(NCCc2cccnc2)C1. The predicted molar refractivity (Wildman–Crippen MR) is 69.0 cm³/mol. The fourth-order valence-electron chi connectivity index (χ4n) is 2.51. The Morgan fingerprint density at radius 3 is 3.18 bits per heavy atom. The second-order valence-corrected chi connectivity index (χ2v) is 4.79. The van der Waals surface area contributed by atoms with Crippen molar-refractivity contribution in [3.05, 3.63) is 30.1 Å². The molecule has 1 aliphatic rings. The number of aromatic nitrogens is 1. The van der Waals surface area contributed by atoms with Gasteiger partial charge in [-0.25, -0.2) is 0 Å². The molecule has 1 fully saturated rings. The summed E-state index contributed by atoms with van der Waals surface area (Å²) in [7, 11) is 1.82. The van der Waals surface area contributed by atoms with E-state index in [-0.39, 0.29) is 0 Å². The third kappa shape index (κ3) is 4.10. The molecule has 1 aromatic heterocycles. The maximum Gasteiger partial charge on any atom is 0.0586 e. The molecule has 0 amide bonds. The zero-order chi connectivity index (χ0) is 11.9. The third-order valence-corrected chi connectivity index (χ3v) is 3.53. The first kappa shape index (κ1) is 12.5. The predicted octanol–water partition coefficient (Wildman–Crippen LogP) is 2.17. The molecule has 1 saturated carbocycles. The maximum absolute atomic E-state index is 5.44. The lowest BCUT2D eigenvalue weighted by atomic mass is 9.93. The lowest BCUT2D eigenvalue weighted by Gasteiger charge is -2.28. The van der Waals surface area contributed by atoms with Crippen LogP contribution in [0.25, 0.3) is 0 Å². The van der Waals surface area contributed by atoms with Crippen molar-refractivity contribution in [2.24, 2.45) is 0 Å². The van der Waals surface area contributed by atoms with Gasteiger partial charge in [0.05, 0.1) is 6.10 Å². The summed E-state index contributed by atoms with van der Waals surface area (Å²) in [4.78, 5) is 4.13. The van der Waals surface area contributed by atoms with Crippen LogP contribution in [0.3, 0.4) is 0 Å². The molecule has 1 heterocycles. The van der Waals surface area contributed by atoms with Crippen LogP contribution in [-0.4, -0.2) is 30.8 Å². The minimum Gasteiger partial charge on any atom is -0.381 e. The van der Waals surface area contributed by atoms with Crippen LogP contribution in [0.2, 0.25) is 0 Å². The summed E-state index contributed by atoms with van der Waals surface area (Å²) >= 11 is 0. The highest BCUT2D eigenvalue weighted by Gasteiger charge is 2.20. The minimum absolute atomic E-state index is 0.458. The van der Waals surface area contributed by atoms with Gasteiger partial charge in [-0.3, -0.25) is 4.98 Å². The molecule has 3 nitrogen and oxygen atoms in total. The van der Waals surface area contributed by atoms with Gasteiger partial charge >= 0.3 is 0 Å². The number of hydrogen-bond donors (Lipinski definition) is 1. The highest BCUT2D eigenvalue weighted by atomic mass is 16.5. The van der Waals surface area contributed by atoms with E-state index in [9.17, 15) is 0 Å². The second-order valence-electron chi connectivity index (χ2n) is 4.79. The van der Waals surface area contributed by atoms with Crippen molar-refractivity contribution in [3.8, 4) is 0 Å². The Morgan fingerprint density at radius 1 is 1.47 bits per heavy atom. The highest BCUT2D eigenvalue weighted by Crippen LogP contribution is 2.20. The van der Waals surface area contributed by atoms with E-state index in [1.807, 2.05) is 25.6 Å². The van der Waals surface area contributed by atoms with Crippen molar-refractivity contribution in [1.29, 1.82) is 0 Å². The van der Waals surface area contributed by atoms with E-state index in [0.717, 1.165) is 19.4 Å². The first-order valence-corrected chi connectivity index (χ1v) is 6.53. The summed E-state index contributed by atoms with van der Waals surface area (Å²) in [6, 6.07) is 4.76. The smallest absolute Gasteiger partial charge is 0.0586 e. The molecule has 0 spiro atoms. The van der Waals surface area contributed by atoms with Gasteiger partial charge in [-0.2, -0.15) is 0 Å². The number of methoxy groups -OCH3 is 1. The number of nitrogens with one attached hydrogen (secondary N) is 1. The van der Waals surface area contributed by atoms with Gasteiger partial charge in [0.25, 0.3) is 0 Å². The fourth-order valence-corrected chi connectivity index (χ4v) is 2.51. The van der Waals surface area contributed by atoms with Crippen LogP contribution >= 0.6 is 0 Å². The summed E-state index contributed by atoms with van der Waals surface area (Å²) in [6.07, 6.45) is 10.2. The molecule has 0 radical (unpaired) electrons. The number of ether oxygens (including phenoxy) is 1. The summed E-state index contributed by atoms with van der Waals surface area (Å²) in [5.74, 6) is 0. The first-order chi connectivity index (χ1) is 8.38. The molecular weight excluding hydrogens is 212 g/mol. The molecule has 0 bridgehead atoms. The summed E-state index contributed by atoms with van der Waals surface area (Å²) in [5.41, 5.74) is 1.30. The molecule has 1 N–H and O–H groups in total. The lowest BCUT2D eigenvalue weighted by molar-refractivity contribution is 0.0590. The lowest BCUT2D eigenvalue weighted by Crippen LogP contribution is -2.37. The van der Waals surface area contributed by atoms with Crippen molar-refractivity contribution in [2.75, 3.05) is 13.7 Å². The zero-order valence-corrected chi connectivity index (χ0v) is 10.6. The topological polar surface area (TPSA) is 34.1 Å². The van der Waals surface area contributed by atoms with Gasteiger partial charge in [0.2, 0.25) is 0 Å². The number of pyridine rings is 1. The van der Waals surface area contributed by atoms with Crippen LogP contribution in [-0.2, 0) is 11.2 Å². The van der Waals surface area contributed by atoms with E-state index in [1.165, 1.54) is 24.8 Å². The van der Waals surface area contributed by atoms with E-state index in [4.69, 9.17) is 4.74 Å². The Morgan fingerprint density at radius 2 is 2.41 bits per heavy atom. The molecule has 0 aromatic carbocycles. The molecule has 2 rings (SSSR count). The third-order valence-electron chi connectivity index (χ3n) is 3.53. The monoisotopic (exact) mass is 234 g/mol. The van der Waals surface area contributed by atoms with Crippen LogP contribution in [0.15, 0.2) is 24.5 Å². The van der Waals surface area contributed by atoms with E-state index in [1.54, 1.807) is 0 Å². The van der Waals surface area contributed by atoms with Gasteiger partial charge in [-0.1, -0.05) is 6.07 Å². The van der Waals surface area contributed by atoms with Gasteiger partial charge < -0.3 is 10.1 Å². The molecular formula is C14H22N2O. The Kier molecular flexibility index (Phi) is 4.95. The summed E-state index contributed by atoms with van der Waals surface area (Å²) < 4.78 is 5.44. The summed E-state index contributed by atoms with van der Waals surface area (Å²) in [5, 5.41) is 3.63. The normalized spacial score (nSPS) is 24.8. The van der Waals surface area contributed by atoms with Crippen LogP contribution < -0.4 is 5.32 Å². The standard InChI is InChI=1S/C14H22N2O/c1-17-14-6-2-5-13(10-14)16-9-7-12-4-3-8-15-11-12/h3-4,8,11,13-14,16H,2,5-7,9-10H2,1H3. The average molecular weight is 234 g/mol. The summed E-state index contributed by atoms with van der Waals surface area (Å²) in [6.45, 7) is 1.03. The van der Waals surface area contributed by atoms with Crippen molar-refractivity contribution in [3.63, 3.8) is 0 Å². The maximum atomic E-state index is 5.44. The second kappa shape index (κ2) is 6.72. The molecule has 17 heavy (non-hydrogen) atoms. The number of hydrogen-bond acceptors (Lipinski definition) is 3. The van der Waals surface area contributed by atoms with Crippen LogP contribution in [0.4, 0.5) is 0 Å². The highest BCUT2D eigenvalue weighted by molar-refractivity contribution is 5.08. The van der Waals surface area contributed by atoms with E-state index in [0.29, 0.717) is 12.1 Å². The van der Waals surface area contributed by atoms with Gasteiger partial charge in [0.1, 0.15) is 0 Å². The Hall–Kier alpha value is -0.930. The van der Waals surface area contributed by atoms with Gasteiger partial charge in [0.15, 0.2) is 0 Å². The Bertz CT molecular complexity index is 315. The van der Waals surface area contributed by atoms with Gasteiger partial charge in [-0.05, 0) is 50.3 Å². The van der Waals surface area contributed by atoms with Crippen molar-refractivity contribution >= 4 is 0 Å². The van der Waals surface area contributed by atoms with Gasteiger partial charge in [0, 0.05) is 25.5 Å². The molecule has 1 aliphatic carbocycles. The van der Waals surface area contributed by atoms with E-state index >= 15 is 0 Å². The Labute approximate surface area is 104 Å². The minimum atomic E-state index is 0.458. The zero-order valence-electron chi connectivity index (χ0n) is 10.6. The Balaban J connectivity index is 1.68. The van der Waals surface area contributed by atoms with Crippen LogP contribution in [0.5, 0.6) is 0 Å².